The van der Waals surface area contributed by atoms with Crippen LogP contribution in [0.3, 0.4) is 0 Å². The molecular weight excluding hydrogens is 673 g/mol. The summed E-state index contributed by atoms with van der Waals surface area (Å²) in [5.41, 5.74) is 12.2. The molecule has 0 aliphatic carbocycles. The summed E-state index contributed by atoms with van der Waals surface area (Å²) < 4.78 is 11.4. The van der Waals surface area contributed by atoms with Gasteiger partial charge >= 0.3 is 0 Å². The number of aromatic nitrogens is 4. The number of para-hydroxylation sites is 5. The van der Waals surface area contributed by atoms with Crippen molar-refractivity contribution >= 4 is 76.5 Å². The van der Waals surface area contributed by atoms with Gasteiger partial charge in [0.1, 0.15) is 11.1 Å². The maximum atomic E-state index is 6.82. The van der Waals surface area contributed by atoms with Gasteiger partial charge in [0.25, 0.3) is 0 Å². The van der Waals surface area contributed by atoms with E-state index < -0.39 is 0 Å². The third-order valence-corrected chi connectivity index (χ3v) is 11.1. The quantitative estimate of drug-likeness (QED) is 0.183. The van der Waals surface area contributed by atoms with Gasteiger partial charge < -0.3 is 8.98 Å². The lowest BCUT2D eigenvalue weighted by molar-refractivity contribution is 0.671. The third-order valence-electron chi connectivity index (χ3n) is 11.1. The number of nitrogens with zero attached hydrogens (tertiary/aromatic N) is 4. The van der Waals surface area contributed by atoms with Gasteiger partial charge in [-0.05, 0) is 59.7 Å². The summed E-state index contributed by atoms with van der Waals surface area (Å²) in [7, 11) is 0. The zero-order valence-electron chi connectivity index (χ0n) is 29.5. The maximum Gasteiger partial charge on any atom is 0.235 e. The van der Waals surface area contributed by atoms with Gasteiger partial charge in [0.15, 0.2) is 5.58 Å². The molecule has 5 nitrogen and oxygen atoms in total. The highest BCUT2D eigenvalue weighted by atomic mass is 16.3. The van der Waals surface area contributed by atoms with Crippen molar-refractivity contribution in [2.24, 2.45) is 0 Å². The van der Waals surface area contributed by atoms with E-state index in [1.165, 1.54) is 21.8 Å². The number of fused-ring (bicyclic) bond motifs is 11. The molecule has 55 heavy (non-hydrogen) atoms. The van der Waals surface area contributed by atoms with Gasteiger partial charge in [0, 0.05) is 49.0 Å². The Balaban J connectivity index is 1.17. The first-order chi connectivity index (χ1) is 27.3. The van der Waals surface area contributed by atoms with Crippen LogP contribution in [0.5, 0.6) is 0 Å². The Bertz CT molecular complexity index is 3430. The lowest BCUT2D eigenvalue weighted by Gasteiger charge is -2.13. The molecule has 0 radical (unpaired) electrons. The Hall–Kier alpha value is -7.50. The molecule has 5 heteroatoms. The van der Waals surface area contributed by atoms with Crippen molar-refractivity contribution < 1.29 is 4.42 Å². The second-order valence-corrected chi connectivity index (χ2v) is 14.1. The van der Waals surface area contributed by atoms with E-state index in [-0.39, 0.29) is 0 Å². The average Bonchev–Trinajstić information content (AvgIpc) is 3.92. The van der Waals surface area contributed by atoms with Crippen LogP contribution < -0.4 is 0 Å². The van der Waals surface area contributed by atoms with Gasteiger partial charge in [-0.25, -0.2) is 9.97 Å². The van der Waals surface area contributed by atoms with Crippen LogP contribution in [0.15, 0.2) is 186 Å². The van der Waals surface area contributed by atoms with Crippen molar-refractivity contribution in [3.05, 3.63) is 182 Å². The molecule has 4 aromatic heterocycles. The van der Waals surface area contributed by atoms with Crippen LogP contribution in [0, 0.1) is 0 Å². The van der Waals surface area contributed by atoms with Crippen LogP contribution in [-0.2, 0) is 0 Å². The summed E-state index contributed by atoms with van der Waals surface area (Å²) in [5, 5.41) is 7.85. The van der Waals surface area contributed by atoms with Crippen LogP contribution in [0.2, 0.25) is 0 Å². The lowest BCUT2D eigenvalue weighted by Crippen LogP contribution is -2.03. The van der Waals surface area contributed by atoms with E-state index in [1.54, 1.807) is 0 Å². The average molecular weight is 703 g/mol. The molecule has 4 heterocycles. The predicted molar refractivity (Wildman–Crippen MR) is 226 cm³/mol. The highest BCUT2D eigenvalue weighted by Crippen LogP contribution is 2.45. The zero-order chi connectivity index (χ0) is 36.0. The van der Waals surface area contributed by atoms with Crippen molar-refractivity contribution in [1.82, 2.24) is 19.1 Å². The van der Waals surface area contributed by atoms with Gasteiger partial charge in [-0.1, -0.05) is 133 Å². The Morgan fingerprint density at radius 2 is 1.00 bits per heavy atom. The molecule has 12 rings (SSSR count). The van der Waals surface area contributed by atoms with E-state index >= 15 is 0 Å². The fourth-order valence-electron chi connectivity index (χ4n) is 8.74. The van der Waals surface area contributed by atoms with Gasteiger partial charge in [-0.2, -0.15) is 0 Å². The lowest BCUT2D eigenvalue weighted by atomic mass is 9.96. The van der Waals surface area contributed by atoms with E-state index in [9.17, 15) is 0 Å². The predicted octanol–water partition coefficient (Wildman–Crippen LogP) is 13.1. The van der Waals surface area contributed by atoms with E-state index in [0.717, 1.165) is 82.7 Å². The van der Waals surface area contributed by atoms with Gasteiger partial charge in [0.05, 0.1) is 27.8 Å². The molecule has 0 fully saturated rings. The fourth-order valence-corrected chi connectivity index (χ4v) is 8.74. The number of hydrogen-bond acceptors (Lipinski definition) is 3. The molecule has 0 amide bonds. The standard InChI is InChI=1S/C50H30N4O/c1-2-14-32(15-3-1)47-37-19-4-9-21-41(37)51-50(52-47)54-44-24-12-7-20-38(44)46-39(30-40-36-18-8-13-25-45(36)55-49(40)48(46)54)31-26-28-33(29-27-31)53-42-22-10-5-16-34(42)35-17-6-11-23-43(35)53/h1-30H. The van der Waals surface area contributed by atoms with E-state index in [2.05, 4.69) is 167 Å². The summed E-state index contributed by atoms with van der Waals surface area (Å²) >= 11 is 0. The molecule has 0 saturated heterocycles. The highest BCUT2D eigenvalue weighted by molar-refractivity contribution is 6.26. The molecule has 256 valence electrons. The third kappa shape index (κ3) is 4.35. The fraction of sp³-hybridized carbons (Fsp3) is 0. The Morgan fingerprint density at radius 3 is 1.73 bits per heavy atom. The maximum absolute atomic E-state index is 6.82. The van der Waals surface area contributed by atoms with Crippen molar-refractivity contribution in [3.63, 3.8) is 0 Å². The second-order valence-electron chi connectivity index (χ2n) is 14.1. The van der Waals surface area contributed by atoms with Crippen LogP contribution in [0.4, 0.5) is 0 Å². The number of furan rings is 1. The van der Waals surface area contributed by atoms with Crippen molar-refractivity contribution in [2.45, 2.75) is 0 Å². The van der Waals surface area contributed by atoms with Crippen LogP contribution in [-0.4, -0.2) is 19.1 Å². The number of hydrogen-bond donors (Lipinski definition) is 0. The van der Waals surface area contributed by atoms with Crippen molar-refractivity contribution in [2.75, 3.05) is 0 Å². The number of rotatable bonds is 4. The molecule has 0 unspecified atom stereocenters. The molecule has 0 aliphatic heterocycles. The summed E-state index contributed by atoms with van der Waals surface area (Å²) in [6.45, 7) is 0. The number of benzene rings is 8. The first-order valence-corrected chi connectivity index (χ1v) is 18.6. The van der Waals surface area contributed by atoms with E-state index in [1.807, 2.05) is 24.3 Å². The van der Waals surface area contributed by atoms with Crippen LogP contribution in [0.25, 0.3) is 110 Å². The monoisotopic (exact) mass is 702 g/mol. The van der Waals surface area contributed by atoms with Crippen molar-refractivity contribution in [1.29, 1.82) is 0 Å². The Labute approximate surface area is 315 Å². The van der Waals surface area contributed by atoms with Crippen molar-refractivity contribution in [3.8, 4) is 34.0 Å². The van der Waals surface area contributed by atoms with Gasteiger partial charge in [-0.3, -0.25) is 4.57 Å². The highest BCUT2D eigenvalue weighted by Gasteiger charge is 2.25. The topological polar surface area (TPSA) is 48.8 Å². The van der Waals surface area contributed by atoms with E-state index in [0.29, 0.717) is 5.95 Å². The zero-order valence-corrected chi connectivity index (χ0v) is 29.5. The summed E-state index contributed by atoms with van der Waals surface area (Å²) in [4.78, 5) is 10.6. The minimum Gasteiger partial charge on any atom is -0.454 e. The molecule has 0 N–H and O–H groups in total. The normalized spacial score (nSPS) is 12.0. The van der Waals surface area contributed by atoms with E-state index in [4.69, 9.17) is 14.4 Å². The Morgan fingerprint density at radius 1 is 0.418 bits per heavy atom. The molecule has 12 aromatic rings. The first-order valence-electron chi connectivity index (χ1n) is 18.6. The smallest absolute Gasteiger partial charge is 0.235 e. The van der Waals surface area contributed by atoms with Crippen LogP contribution >= 0.6 is 0 Å². The minimum atomic E-state index is 0.601. The summed E-state index contributed by atoms with van der Waals surface area (Å²) in [5.74, 6) is 0.601. The molecule has 8 aromatic carbocycles. The second kappa shape index (κ2) is 11.5. The molecule has 0 aliphatic rings. The molecule has 0 bridgehead atoms. The molecule has 0 saturated carbocycles. The largest absolute Gasteiger partial charge is 0.454 e. The molecular formula is C50H30N4O. The minimum absolute atomic E-state index is 0.601. The van der Waals surface area contributed by atoms with Crippen LogP contribution in [0.1, 0.15) is 0 Å². The van der Waals surface area contributed by atoms with Gasteiger partial charge in [0.2, 0.25) is 5.95 Å². The molecule has 0 atom stereocenters. The van der Waals surface area contributed by atoms with Gasteiger partial charge in [-0.15, -0.1) is 0 Å². The summed E-state index contributed by atoms with van der Waals surface area (Å²) in [6, 6.07) is 64.1. The SMILES string of the molecule is c1ccc(-c2nc(-n3c4ccccc4c4c(-c5ccc(-n6c7ccccc7c7ccccc76)cc5)cc5c6ccccc6oc5c43)nc3ccccc23)cc1. The summed E-state index contributed by atoms with van der Waals surface area (Å²) in [6.07, 6.45) is 0. The first kappa shape index (κ1) is 30.0. The Kier molecular flexibility index (Phi) is 6.27. The molecule has 0 spiro atoms.